The van der Waals surface area contributed by atoms with Gasteiger partial charge in [0.2, 0.25) is 0 Å². The topological polar surface area (TPSA) is 148 Å². The zero-order valence-electron chi connectivity index (χ0n) is 18.8. The molecule has 2 aliphatic heterocycles. The van der Waals surface area contributed by atoms with Crippen LogP contribution >= 0.6 is 11.8 Å². The summed E-state index contributed by atoms with van der Waals surface area (Å²) in [4.78, 5) is 21.8. The van der Waals surface area contributed by atoms with Gasteiger partial charge in [-0.3, -0.25) is 4.90 Å². The van der Waals surface area contributed by atoms with E-state index in [1.165, 1.54) is 50.7 Å². The molecular formula is C21H41NO8S. The number of carboxylic acids is 2. The molecule has 2 saturated heterocycles. The smallest absolute Gasteiger partial charge is 0.335 e. The minimum absolute atomic E-state index is 0.210. The van der Waals surface area contributed by atoms with Gasteiger partial charge in [-0.25, -0.2) is 9.59 Å². The minimum atomic E-state index is -2.27. The molecular weight excluding hydrogens is 426 g/mol. The zero-order chi connectivity index (χ0) is 23.6. The molecule has 0 aliphatic carbocycles. The van der Waals surface area contributed by atoms with E-state index in [1.54, 1.807) is 0 Å². The zero-order valence-corrected chi connectivity index (χ0v) is 19.6. The second-order valence-corrected chi connectivity index (χ2v) is 9.22. The van der Waals surface area contributed by atoms with Crippen LogP contribution in [0.2, 0.25) is 0 Å². The van der Waals surface area contributed by atoms with E-state index in [-0.39, 0.29) is 6.10 Å². The fourth-order valence-corrected chi connectivity index (χ4v) is 3.82. The van der Waals surface area contributed by atoms with E-state index in [9.17, 15) is 9.59 Å². The lowest BCUT2D eigenvalue weighted by molar-refractivity contribution is -0.165. The van der Waals surface area contributed by atoms with Crippen LogP contribution in [0.15, 0.2) is 0 Å². The van der Waals surface area contributed by atoms with Crippen molar-refractivity contribution in [2.75, 3.05) is 38.6 Å². The Bertz CT molecular complexity index is 452. The van der Waals surface area contributed by atoms with Crippen molar-refractivity contribution < 1.29 is 39.9 Å². The number of unbranched alkanes of at least 4 members (excludes halogenated alkanes) is 4. The number of β-amino-alcohol motifs (C(OH)–C–C–N with tert-alkyl or cyclic N) is 1. The molecule has 31 heavy (non-hydrogen) atoms. The predicted octanol–water partition coefficient (Wildman–Crippen LogP) is 1.43. The summed E-state index contributed by atoms with van der Waals surface area (Å²) in [6, 6.07) is 0. The van der Waals surface area contributed by atoms with Crippen molar-refractivity contribution in [3.8, 4) is 0 Å². The number of hydrogen-bond donors (Lipinski definition) is 5. The molecule has 9 nitrogen and oxygen atoms in total. The largest absolute Gasteiger partial charge is 0.479 e. The quantitative estimate of drug-likeness (QED) is 0.283. The number of rotatable bonds is 11. The van der Waals surface area contributed by atoms with Gasteiger partial charge in [-0.15, -0.1) is 0 Å². The normalized spacial score (nSPS) is 21.3. The SMILES string of the molecule is CC(O)CN1CCOCC1.CCCCCCCC1CCS1.O=C(O)C(O)C(O)C(=O)O. The third kappa shape index (κ3) is 16.4. The van der Waals surface area contributed by atoms with Crippen LogP contribution < -0.4 is 0 Å². The van der Waals surface area contributed by atoms with Crippen molar-refractivity contribution in [1.82, 2.24) is 4.90 Å². The Kier molecular flexibility index (Phi) is 18.1. The summed E-state index contributed by atoms with van der Waals surface area (Å²) < 4.78 is 5.16. The minimum Gasteiger partial charge on any atom is -0.479 e. The first-order valence-electron chi connectivity index (χ1n) is 11.1. The van der Waals surface area contributed by atoms with Crippen LogP contribution in [-0.2, 0) is 14.3 Å². The first-order valence-corrected chi connectivity index (χ1v) is 12.1. The van der Waals surface area contributed by atoms with Crippen molar-refractivity contribution in [1.29, 1.82) is 0 Å². The number of thioether (sulfide) groups is 1. The second-order valence-electron chi connectivity index (χ2n) is 7.81. The van der Waals surface area contributed by atoms with Crippen molar-refractivity contribution in [3.63, 3.8) is 0 Å². The molecule has 0 aromatic rings. The maximum atomic E-state index is 9.77. The Balaban J connectivity index is 0.000000436. The number of aliphatic hydroxyl groups is 3. The number of aliphatic carboxylic acids is 2. The van der Waals surface area contributed by atoms with Crippen LogP contribution in [0.4, 0.5) is 0 Å². The molecule has 0 aromatic carbocycles. The van der Waals surface area contributed by atoms with Gasteiger partial charge < -0.3 is 30.3 Å². The summed E-state index contributed by atoms with van der Waals surface area (Å²) in [5.74, 6) is -2.11. The molecule has 2 aliphatic rings. The molecule has 0 bridgehead atoms. The van der Waals surface area contributed by atoms with Crippen LogP contribution in [0.5, 0.6) is 0 Å². The van der Waals surface area contributed by atoms with Gasteiger partial charge in [0.05, 0.1) is 19.3 Å². The highest BCUT2D eigenvalue weighted by molar-refractivity contribution is 8.01. The first kappa shape index (κ1) is 30.1. The summed E-state index contributed by atoms with van der Waals surface area (Å²) in [5.41, 5.74) is 0. The monoisotopic (exact) mass is 467 g/mol. The highest BCUT2D eigenvalue weighted by Gasteiger charge is 2.29. The number of aliphatic hydroxyl groups excluding tert-OH is 3. The summed E-state index contributed by atoms with van der Waals surface area (Å²) >= 11 is 2.17. The molecule has 10 heteroatoms. The van der Waals surface area contributed by atoms with E-state index in [0.29, 0.717) is 0 Å². The van der Waals surface area contributed by atoms with Crippen molar-refractivity contribution >= 4 is 23.7 Å². The Morgan fingerprint density at radius 1 is 1.00 bits per heavy atom. The van der Waals surface area contributed by atoms with E-state index in [4.69, 9.17) is 30.3 Å². The molecule has 0 amide bonds. The molecule has 184 valence electrons. The van der Waals surface area contributed by atoms with Crippen LogP contribution in [0, 0.1) is 0 Å². The third-order valence-electron chi connectivity index (χ3n) is 4.85. The van der Waals surface area contributed by atoms with Crippen molar-refractivity contribution in [3.05, 3.63) is 0 Å². The number of hydrogen-bond acceptors (Lipinski definition) is 8. The summed E-state index contributed by atoms with van der Waals surface area (Å²) in [6.07, 6.45) is 5.49. The number of carbonyl (C=O) groups is 2. The highest BCUT2D eigenvalue weighted by Crippen LogP contribution is 2.31. The van der Waals surface area contributed by atoms with Crippen LogP contribution in [0.3, 0.4) is 0 Å². The van der Waals surface area contributed by atoms with Crippen LogP contribution in [0.25, 0.3) is 0 Å². The molecule has 0 aromatic heterocycles. The van der Waals surface area contributed by atoms with E-state index in [2.05, 4.69) is 23.6 Å². The van der Waals surface area contributed by atoms with Crippen LogP contribution in [-0.4, -0.2) is 105 Å². The number of carboxylic acid groups (broad SMARTS) is 2. The summed E-state index contributed by atoms with van der Waals surface area (Å²) in [5, 5.41) is 42.6. The third-order valence-corrected chi connectivity index (χ3v) is 6.27. The Hall–Kier alpha value is -0.910. The van der Waals surface area contributed by atoms with Crippen molar-refractivity contribution in [2.24, 2.45) is 0 Å². The molecule has 2 rings (SSSR count). The lowest BCUT2D eigenvalue weighted by Gasteiger charge is -2.27. The van der Waals surface area contributed by atoms with Gasteiger partial charge in [0.1, 0.15) is 0 Å². The average Bonchev–Trinajstić information content (AvgIpc) is 2.69. The summed E-state index contributed by atoms with van der Waals surface area (Å²) in [6.45, 7) is 8.43. The number of ether oxygens (including phenoxy) is 1. The van der Waals surface area contributed by atoms with Gasteiger partial charge in [0.15, 0.2) is 12.2 Å². The molecule has 2 heterocycles. The summed E-state index contributed by atoms with van der Waals surface area (Å²) in [7, 11) is 0. The molecule has 0 saturated carbocycles. The van der Waals surface area contributed by atoms with E-state index in [1.807, 2.05) is 6.92 Å². The molecule has 0 radical (unpaired) electrons. The second kappa shape index (κ2) is 18.6. The molecule has 4 unspecified atom stereocenters. The fourth-order valence-electron chi connectivity index (χ4n) is 2.92. The molecule has 5 N–H and O–H groups in total. The maximum Gasteiger partial charge on any atom is 0.335 e. The van der Waals surface area contributed by atoms with Crippen LogP contribution in [0.1, 0.15) is 58.8 Å². The maximum absolute atomic E-state index is 9.77. The lowest BCUT2D eigenvalue weighted by Crippen LogP contribution is -2.40. The average molecular weight is 468 g/mol. The standard InChI is InChI=1S/C10H20S.C7H15NO2.C4H6O6/c1-2-3-4-5-6-7-10-8-9-11-10;1-7(9)6-8-2-4-10-5-3-8;5-1(3(7)8)2(6)4(9)10/h10H,2-9H2,1H3;7,9H,2-6H2,1H3;1-2,5-6H,(H,7,8)(H,9,10). The van der Waals surface area contributed by atoms with E-state index < -0.39 is 24.1 Å². The van der Waals surface area contributed by atoms with Gasteiger partial charge in [-0.05, 0) is 25.5 Å². The Morgan fingerprint density at radius 2 is 1.52 bits per heavy atom. The number of nitrogens with zero attached hydrogens (tertiary/aromatic N) is 1. The van der Waals surface area contributed by atoms with Gasteiger partial charge in [0.25, 0.3) is 0 Å². The highest BCUT2D eigenvalue weighted by atomic mass is 32.2. The van der Waals surface area contributed by atoms with Crippen molar-refractivity contribution in [2.45, 2.75) is 82.4 Å². The van der Waals surface area contributed by atoms with Gasteiger partial charge in [-0.2, -0.15) is 11.8 Å². The Morgan fingerprint density at radius 3 is 1.90 bits per heavy atom. The van der Waals surface area contributed by atoms with E-state index in [0.717, 1.165) is 38.1 Å². The number of morpholine rings is 1. The molecule has 4 atom stereocenters. The lowest BCUT2D eigenvalue weighted by atomic mass is 10.1. The Labute approximate surface area is 189 Å². The van der Waals surface area contributed by atoms with E-state index >= 15 is 0 Å². The predicted molar refractivity (Wildman–Crippen MR) is 120 cm³/mol. The first-order chi connectivity index (χ1) is 14.7. The van der Waals surface area contributed by atoms with Gasteiger partial charge in [-0.1, -0.05) is 39.0 Å². The van der Waals surface area contributed by atoms with Gasteiger partial charge >= 0.3 is 11.9 Å². The molecule has 2 fully saturated rings. The molecule has 0 spiro atoms. The van der Waals surface area contributed by atoms with Gasteiger partial charge in [0, 0.05) is 24.9 Å². The fraction of sp³-hybridized carbons (Fsp3) is 0.905.